The number of nitrogens with zero attached hydrogens (tertiary/aromatic N) is 2. The topological polar surface area (TPSA) is 25.2 Å². The molecule has 0 saturated heterocycles. The molecular weight excluding hydrogens is 320 g/mol. The van der Waals surface area contributed by atoms with Crippen LogP contribution in [0.15, 0.2) is 48.5 Å². The first-order valence-electron chi connectivity index (χ1n) is 9.52. The molecule has 3 nitrogen and oxygen atoms in total. The van der Waals surface area contributed by atoms with E-state index >= 15 is 0 Å². The number of amides is 1. The Kier molecular flexibility index (Phi) is 3.30. The molecule has 1 fully saturated rings. The van der Waals surface area contributed by atoms with Crippen LogP contribution in [0, 0.1) is 6.92 Å². The number of carbonyl (C=O) groups excluding carboxylic acids is 1. The third-order valence-corrected chi connectivity index (χ3v) is 6.33. The fourth-order valence-corrected chi connectivity index (χ4v) is 4.68. The van der Waals surface area contributed by atoms with Crippen LogP contribution in [-0.4, -0.2) is 21.9 Å². The van der Waals surface area contributed by atoms with Crippen molar-refractivity contribution in [3.05, 3.63) is 70.9 Å². The SMILES string of the molecule is Cc1ccc2c(c1)c1c(n2C)CCN(C(=O)C2(c3ccccc3)CC2)C1. The van der Waals surface area contributed by atoms with Crippen molar-refractivity contribution in [1.29, 1.82) is 0 Å². The lowest BCUT2D eigenvalue weighted by atomic mass is 9.93. The standard InChI is InChI=1S/C23H24N2O/c1-16-8-9-20-18(14-16)19-15-25(13-10-21(19)24(20)2)22(26)23(11-12-23)17-6-4-3-5-7-17/h3-9,14H,10-13,15H2,1-2H3. The zero-order chi connectivity index (χ0) is 17.9. The van der Waals surface area contributed by atoms with Crippen LogP contribution < -0.4 is 0 Å². The first kappa shape index (κ1) is 15.7. The third-order valence-electron chi connectivity index (χ3n) is 6.33. The molecule has 1 aliphatic carbocycles. The lowest BCUT2D eigenvalue weighted by molar-refractivity contribution is -0.134. The highest BCUT2D eigenvalue weighted by Gasteiger charge is 2.53. The second-order valence-electron chi connectivity index (χ2n) is 7.93. The number of fused-ring (bicyclic) bond motifs is 3. The van der Waals surface area contributed by atoms with Gasteiger partial charge < -0.3 is 9.47 Å². The number of hydrogen-bond acceptors (Lipinski definition) is 1. The molecule has 2 aliphatic rings. The molecule has 2 heterocycles. The summed E-state index contributed by atoms with van der Waals surface area (Å²) in [5.74, 6) is 0.319. The van der Waals surface area contributed by atoms with Gasteiger partial charge in [0.05, 0.1) is 5.41 Å². The fraction of sp³-hybridized carbons (Fsp3) is 0.348. The van der Waals surface area contributed by atoms with Gasteiger partial charge in [-0.3, -0.25) is 4.79 Å². The molecule has 3 aromatic rings. The minimum Gasteiger partial charge on any atom is -0.347 e. The van der Waals surface area contributed by atoms with E-state index in [2.05, 4.69) is 53.8 Å². The summed E-state index contributed by atoms with van der Waals surface area (Å²) in [5, 5.41) is 1.31. The van der Waals surface area contributed by atoms with Crippen molar-refractivity contribution in [2.75, 3.05) is 6.54 Å². The van der Waals surface area contributed by atoms with E-state index in [4.69, 9.17) is 0 Å². The van der Waals surface area contributed by atoms with Crippen LogP contribution in [0.4, 0.5) is 0 Å². The summed E-state index contributed by atoms with van der Waals surface area (Å²) >= 11 is 0. The van der Waals surface area contributed by atoms with Gasteiger partial charge in [-0.15, -0.1) is 0 Å². The minimum absolute atomic E-state index is 0.265. The summed E-state index contributed by atoms with van der Waals surface area (Å²) < 4.78 is 2.32. The summed E-state index contributed by atoms with van der Waals surface area (Å²) in [6.07, 6.45) is 2.90. The molecule has 1 saturated carbocycles. The highest BCUT2D eigenvalue weighted by Crippen LogP contribution is 2.50. The molecular formula is C23H24N2O. The molecule has 3 heteroatoms. The van der Waals surface area contributed by atoms with Gasteiger partial charge in [-0.2, -0.15) is 0 Å². The lowest BCUT2D eigenvalue weighted by Gasteiger charge is -2.31. The van der Waals surface area contributed by atoms with E-state index in [1.54, 1.807) is 0 Å². The van der Waals surface area contributed by atoms with Gasteiger partial charge in [0.2, 0.25) is 5.91 Å². The monoisotopic (exact) mass is 344 g/mol. The Balaban J connectivity index is 1.51. The maximum Gasteiger partial charge on any atom is 0.233 e. The maximum absolute atomic E-state index is 13.4. The van der Waals surface area contributed by atoms with Gasteiger partial charge in [-0.1, -0.05) is 42.0 Å². The van der Waals surface area contributed by atoms with Crippen molar-refractivity contribution in [3.63, 3.8) is 0 Å². The number of aromatic nitrogens is 1. The molecule has 5 rings (SSSR count). The summed E-state index contributed by atoms with van der Waals surface area (Å²) in [6.45, 7) is 3.70. The molecule has 0 atom stereocenters. The Labute approximate surface area is 154 Å². The van der Waals surface area contributed by atoms with Crippen LogP contribution in [0.1, 0.15) is 35.2 Å². The highest BCUT2D eigenvalue weighted by molar-refractivity contribution is 5.93. The van der Waals surface area contributed by atoms with E-state index in [9.17, 15) is 4.79 Å². The molecule has 0 radical (unpaired) electrons. The molecule has 2 aromatic carbocycles. The molecule has 1 aliphatic heterocycles. The van der Waals surface area contributed by atoms with Gasteiger partial charge in [-0.25, -0.2) is 0 Å². The van der Waals surface area contributed by atoms with Gasteiger partial charge in [-0.05, 0) is 37.5 Å². The van der Waals surface area contributed by atoms with Crippen LogP contribution in [0.25, 0.3) is 10.9 Å². The van der Waals surface area contributed by atoms with Crippen molar-refractivity contribution in [1.82, 2.24) is 9.47 Å². The Morgan fingerprint density at radius 2 is 1.85 bits per heavy atom. The van der Waals surface area contributed by atoms with Crippen LogP contribution in [0.5, 0.6) is 0 Å². The molecule has 0 N–H and O–H groups in total. The van der Waals surface area contributed by atoms with Crippen LogP contribution in [0.2, 0.25) is 0 Å². The van der Waals surface area contributed by atoms with Crippen molar-refractivity contribution < 1.29 is 4.79 Å². The molecule has 26 heavy (non-hydrogen) atoms. The minimum atomic E-state index is -0.265. The van der Waals surface area contributed by atoms with Crippen LogP contribution >= 0.6 is 0 Å². The Morgan fingerprint density at radius 3 is 2.58 bits per heavy atom. The molecule has 0 spiro atoms. The summed E-state index contributed by atoms with van der Waals surface area (Å²) in [6, 6.07) is 17.0. The maximum atomic E-state index is 13.4. The predicted octanol–water partition coefficient (Wildman–Crippen LogP) is 4.10. The Hall–Kier alpha value is -2.55. The van der Waals surface area contributed by atoms with E-state index in [-0.39, 0.29) is 5.41 Å². The van der Waals surface area contributed by atoms with E-state index in [1.807, 2.05) is 18.2 Å². The van der Waals surface area contributed by atoms with E-state index < -0.39 is 0 Å². The van der Waals surface area contributed by atoms with Gasteiger partial charge in [0.15, 0.2) is 0 Å². The molecule has 0 unspecified atom stereocenters. The summed E-state index contributed by atoms with van der Waals surface area (Å²) in [4.78, 5) is 15.5. The fourth-order valence-electron chi connectivity index (χ4n) is 4.68. The largest absolute Gasteiger partial charge is 0.347 e. The van der Waals surface area contributed by atoms with Gasteiger partial charge in [0.25, 0.3) is 0 Å². The quantitative estimate of drug-likeness (QED) is 0.687. The molecule has 1 amide bonds. The van der Waals surface area contributed by atoms with Crippen molar-refractivity contribution in [3.8, 4) is 0 Å². The second kappa shape index (κ2) is 5.47. The highest BCUT2D eigenvalue weighted by atomic mass is 16.2. The Bertz CT molecular complexity index is 1010. The second-order valence-corrected chi connectivity index (χ2v) is 7.93. The number of rotatable bonds is 2. The predicted molar refractivity (Wildman–Crippen MR) is 104 cm³/mol. The number of aryl methyl sites for hydroxylation is 2. The van der Waals surface area contributed by atoms with Crippen molar-refractivity contribution in [2.45, 2.75) is 38.1 Å². The molecule has 1 aromatic heterocycles. The van der Waals surface area contributed by atoms with E-state index in [0.717, 1.165) is 32.4 Å². The zero-order valence-corrected chi connectivity index (χ0v) is 15.5. The number of hydrogen-bond donors (Lipinski definition) is 0. The average Bonchev–Trinajstić information content (AvgIpc) is 3.44. The van der Waals surface area contributed by atoms with Gasteiger partial charge in [0.1, 0.15) is 0 Å². The number of benzene rings is 2. The van der Waals surface area contributed by atoms with Crippen molar-refractivity contribution >= 4 is 16.8 Å². The number of carbonyl (C=O) groups is 1. The lowest BCUT2D eigenvalue weighted by Crippen LogP contribution is -2.42. The molecule has 132 valence electrons. The average molecular weight is 344 g/mol. The van der Waals surface area contributed by atoms with Crippen LogP contribution in [-0.2, 0) is 30.2 Å². The smallest absolute Gasteiger partial charge is 0.233 e. The van der Waals surface area contributed by atoms with Gasteiger partial charge in [0, 0.05) is 48.7 Å². The summed E-state index contributed by atoms with van der Waals surface area (Å²) in [7, 11) is 2.15. The first-order valence-corrected chi connectivity index (χ1v) is 9.52. The van der Waals surface area contributed by atoms with E-state index in [0.29, 0.717) is 5.91 Å². The van der Waals surface area contributed by atoms with Crippen molar-refractivity contribution in [2.24, 2.45) is 7.05 Å². The van der Waals surface area contributed by atoms with E-state index in [1.165, 1.54) is 33.3 Å². The zero-order valence-electron chi connectivity index (χ0n) is 15.5. The third kappa shape index (κ3) is 2.16. The van der Waals surface area contributed by atoms with Crippen LogP contribution in [0.3, 0.4) is 0 Å². The van der Waals surface area contributed by atoms with Gasteiger partial charge >= 0.3 is 0 Å². The normalized spacial score (nSPS) is 18.0. The Morgan fingerprint density at radius 1 is 1.08 bits per heavy atom. The molecule has 0 bridgehead atoms. The summed E-state index contributed by atoms with van der Waals surface area (Å²) in [5.41, 5.74) is 6.20. The first-order chi connectivity index (χ1) is 12.6.